The number of hydrogen-bond acceptors (Lipinski definition) is 1. The lowest BCUT2D eigenvalue weighted by atomic mass is 9.87. The Bertz CT molecular complexity index is 381. The molecule has 2 aliphatic rings. The third-order valence-electron chi connectivity index (χ3n) is 3.02. The van der Waals surface area contributed by atoms with E-state index in [1.54, 1.807) is 0 Å². The molecule has 1 heterocycles. The SMILES string of the molecule is CC1=[N+](C)N=C2C=CC(C(C)C)=CC21. The summed E-state index contributed by atoms with van der Waals surface area (Å²) < 4.78 is 1.98. The lowest BCUT2D eigenvalue weighted by Gasteiger charge is -2.13. The van der Waals surface area contributed by atoms with Gasteiger partial charge in [-0.15, -0.1) is 0 Å². The second-order valence-corrected chi connectivity index (χ2v) is 4.32. The molecule has 14 heavy (non-hydrogen) atoms. The zero-order chi connectivity index (χ0) is 10.3. The maximum absolute atomic E-state index is 4.47. The fourth-order valence-corrected chi connectivity index (χ4v) is 1.89. The zero-order valence-electron chi connectivity index (χ0n) is 9.28. The fraction of sp³-hybridized carbons (Fsp3) is 0.500. The van der Waals surface area contributed by atoms with Gasteiger partial charge < -0.3 is 0 Å². The summed E-state index contributed by atoms with van der Waals surface area (Å²) in [5.74, 6) is 1.02. The third-order valence-corrected chi connectivity index (χ3v) is 3.02. The molecule has 0 aromatic heterocycles. The maximum atomic E-state index is 4.47. The van der Waals surface area contributed by atoms with Gasteiger partial charge in [0.15, 0.2) is 12.8 Å². The Hall–Kier alpha value is -1.18. The average Bonchev–Trinajstić information content (AvgIpc) is 2.43. The molecule has 0 N–H and O–H groups in total. The number of nitrogens with zero attached hydrogens (tertiary/aromatic N) is 2. The van der Waals surface area contributed by atoms with Crippen LogP contribution in [-0.4, -0.2) is 23.2 Å². The van der Waals surface area contributed by atoms with Crippen molar-refractivity contribution in [3.8, 4) is 0 Å². The first kappa shape index (κ1) is 9.38. The average molecular weight is 189 g/mol. The molecule has 0 bridgehead atoms. The van der Waals surface area contributed by atoms with E-state index in [1.807, 2.05) is 11.7 Å². The van der Waals surface area contributed by atoms with Crippen LogP contribution >= 0.6 is 0 Å². The van der Waals surface area contributed by atoms with Gasteiger partial charge in [0, 0.05) is 6.92 Å². The smallest absolute Gasteiger partial charge is 0.0942 e. The number of hydrogen-bond donors (Lipinski definition) is 0. The van der Waals surface area contributed by atoms with E-state index in [4.69, 9.17) is 0 Å². The molecule has 2 rings (SSSR count). The van der Waals surface area contributed by atoms with Gasteiger partial charge in [-0.2, -0.15) is 0 Å². The lowest BCUT2D eigenvalue weighted by Crippen LogP contribution is -2.19. The predicted octanol–water partition coefficient (Wildman–Crippen LogP) is 2.23. The van der Waals surface area contributed by atoms with Crippen LogP contribution in [0.15, 0.2) is 28.9 Å². The molecule has 1 aliphatic carbocycles. The molecule has 0 amide bonds. The van der Waals surface area contributed by atoms with Crippen LogP contribution in [0, 0.1) is 11.8 Å². The van der Waals surface area contributed by atoms with Crippen molar-refractivity contribution in [3.63, 3.8) is 0 Å². The number of allylic oxidation sites excluding steroid dienone is 4. The van der Waals surface area contributed by atoms with Crippen LogP contribution in [-0.2, 0) is 0 Å². The van der Waals surface area contributed by atoms with Crippen LogP contribution in [0.5, 0.6) is 0 Å². The molecule has 74 valence electrons. The molecule has 0 aromatic carbocycles. The third kappa shape index (κ3) is 1.35. The van der Waals surface area contributed by atoms with Gasteiger partial charge >= 0.3 is 0 Å². The zero-order valence-corrected chi connectivity index (χ0v) is 9.28. The Labute approximate surface area is 85.3 Å². The molecule has 2 heteroatoms. The Kier molecular flexibility index (Phi) is 2.14. The Morgan fingerprint density at radius 1 is 1.36 bits per heavy atom. The van der Waals surface area contributed by atoms with Crippen LogP contribution < -0.4 is 0 Å². The molecule has 1 atom stereocenters. The van der Waals surface area contributed by atoms with E-state index in [-0.39, 0.29) is 0 Å². The topological polar surface area (TPSA) is 15.4 Å². The van der Waals surface area contributed by atoms with E-state index in [0.29, 0.717) is 11.8 Å². The van der Waals surface area contributed by atoms with E-state index in [0.717, 1.165) is 0 Å². The molecule has 0 saturated carbocycles. The van der Waals surface area contributed by atoms with Crippen molar-refractivity contribution in [1.82, 2.24) is 0 Å². The Morgan fingerprint density at radius 2 is 2.07 bits per heavy atom. The van der Waals surface area contributed by atoms with Crippen molar-refractivity contribution in [2.24, 2.45) is 16.9 Å². The number of rotatable bonds is 1. The van der Waals surface area contributed by atoms with E-state index in [1.165, 1.54) is 17.0 Å². The van der Waals surface area contributed by atoms with E-state index in [2.05, 4.69) is 44.1 Å². The summed E-state index contributed by atoms with van der Waals surface area (Å²) in [6.45, 7) is 6.60. The molecular formula is C12H17N2+. The van der Waals surface area contributed by atoms with Crippen molar-refractivity contribution < 1.29 is 4.68 Å². The van der Waals surface area contributed by atoms with Crippen molar-refractivity contribution >= 4 is 11.4 Å². The quantitative estimate of drug-likeness (QED) is 0.562. The molecule has 0 radical (unpaired) electrons. The summed E-state index contributed by atoms with van der Waals surface area (Å²) in [5.41, 5.74) is 3.92. The standard InChI is InChI=1S/C12H17N2/c1-8(2)10-5-6-12-11(7-10)9(3)14(4)13-12/h5-8,11H,1-4H3/q+1. The lowest BCUT2D eigenvalue weighted by molar-refractivity contribution is -0.500. The minimum atomic E-state index is 0.419. The van der Waals surface area contributed by atoms with E-state index >= 15 is 0 Å². The summed E-state index contributed by atoms with van der Waals surface area (Å²) in [7, 11) is 2.01. The summed E-state index contributed by atoms with van der Waals surface area (Å²) >= 11 is 0. The van der Waals surface area contributed by atoms with Crippen LogP contribution in [0.3, 0.4) is 0 Å². The summed E-state index contributed by atoms with van der Waals surface area (Å²) in [6, 6.07) is 0. The largest absolute Gasteiger partial charge is 0.194 e. The molecule has 2 nitrogen and oxygen atoms in total. The highest BCUT2D eigenvalue weighted by atomic mass is 15.4. The highest BCUT2D eigenvalue weighted by Gasteiger charge is 2.31. The van der Waals surface area contributed by atoms with Gasteiger partial charge in [-0.3, -0.25) is 0 Å². The normalized spacial score (nSPS) is 25.4. The van der Waals surface area contributed by atoms with Gasteiger partial charge in [0.2, 0.25) is 0 Å². The molecule has 0 aromatic rings. The number of fused-ring (bicyclic) bond motifs is 1. The van der Waals surface area contributed by atoms with Gasteiger partial charge in [-0.05, 0) is 22.7 Å². The van der Waals surface area contributed by atoms with Crippen molar-refractivity contribution in [1.29, 1.82) is 0 Å². The molecule has 1 unspecified atom stereocenters. The molecule has 0 fully saturated rings. The maximum Gasteiger partial charge on any atom is 0.194 e. The monoisotopic (exact) mass is 189 g/mol. The van der Waals surface area contributed by atoms with Crippen LogP contribution in [0.25, 0.3) is 0 Å². The Balaban J connectivity index is 2.36. The van der Waals surface area contributed by atoms with Crippen molar-refractivity contribution in [2.45, 2.75) is 20.8 Å². The van der Waals surface area contributed by atoms with Gasteiger partial charge in [-0.25, -0.2) is 0 Å². The molecule has 1 aliphatic heterocycles. The summed E-state index contributed by atoms with van der Waals surface area (Å²) in [4.78, 5) is 0. The van der Waals surface area contributed by atoms with Gasteiger partial charge in [0.1, 0.15) is 11.6 Å². The van der Waals surface area contributed by atoms with Crippen LogP contribution in [0.2, 0.25) is 0 Å². The minimum absolute atomic E-state index is 0.419. The van der Waals surface area contributed by atoms with Crippen LogP contribution in [0.4, 0.5) is 0 Å². The first-order valence-corrected chi connectivity index (χ1v) is 5.15. The molecule has 0 spiro atoms. The highest BCUT2D eigenvalue weighted by molar-refractivity contribution is 6.14. The second-order valence-electron chi connectivity index (χ2n) is 4.32. The summed E-state index contributed by atoms with van der Waals surface area (Å²) in [5, 5.41) is 4.47. The molecular weight excluding hydrogens is 172 g/mol. The van der Waals surface area contributed by atoms with Gasteiger partial charge in [-0.1, -0.05) is 30.7 Å². The second kappa shape index (κ2) is 3.19. The van der Waals surface area contributed by atoms with Crippen LogP contribution in [0.1, 0.15) is 20.8 Å². The Morgan fingerprint density at radius 3 is 2.71 bits per heavy atom. The van der Waals surface area contributed by atoms with Gasteiger partial charge in [0.25, 0.3) is 0 Å². The highest BCUT2D eigenvalue weighted by Crippen LogP contribution is 2.24. The fourth-order valence-electron chi connectivity index (χ4n) is 1.89. The first-order valence-electron chi connectivity index (χ1n) is 5.15. The van der Waals surface area contributed by atoms with E-state index < -0.39 is 0 Å². The molecule has 0 saturated heterocycles. The van der Waals surface area contributed by atoms with Crippen molar-refractivity contribution in [2.75, 3.05) is 7.05 Å². The number of hydrazone groups is 1. The predicted molar refractivity (Wildman–Crippen MR) is 59.9 cm³/mol. The summed E-state index contributed by atoms with van der Waals surface area (Å²) in [6.07, 6.45) is 6.67. The van der Waals surface area contributed by atoms with E-state index in [9.17, 15) is 0 Å². The first-order chi connectivity index (χ1) is 6.59. The van der Waals surface area contributed by atoms with Crippen molar-refractivity contribution in [3.05, 3.63) is 23.8 Å². The van der Waals surface area contributed by atoms with Gasteiger partial charge in [0.05, 0.1) is 0 Å². The minimum Gasteiger partial charge on any atom is -0.0942 e.